The highest BCUT2D eigenvalue weighted by Crippen LogP contribution is 2.41. The Morgan fingerprint density at radius 1 is 1.14 bits per heavy atom. The normalized spacial score (nSPS) is 23.6. The van der Waals surface area contributed by atoms with E-state index in [0.717, 1.165) is 12.1 Å². The van der Waals surface area contributed by atoms with Gasteiger partial charge in [0.15, 0.2) is 0 Å². The second-order valence-electron chi connectivity index (χ2n) is 9.67. The van der Waals surface area contributed by atoms with Crippen molar-refractivity contribution >= 4 is 10.0 Å². The summed E-state index contributed by atoms with van der Waals surface area (Å²) in [6, 6.07) is 10.9. The number of H-pyrrole nitrogens is 1. The first-order chi connectivity index (χ1) is 17.8. The maximum atomic E-state index is 15.6. The van der Waals surface area contributed by atoms with Crippen LogP contribution in [-0.2, 0) is 38.2 Å². The average molecular weight is 533 g/mol. The second kappa shape index (κ2) is 10.6. The van der Waals surface area contributed by atoms with Crippen LogP contribution in [0.2, 0.25) is 0 Å². The Labute approximate surface area is 215 Å². The number of aromatic amines is 1. The molecule has 2 aliphatic rings. The lowest BCUT2D eigenvalue weighted by atomic mass is 9.85. The SMILES string of the molecule is C[C@H]1CC[C@H](c2ccccc2)S(=O)(=O)N1Cc1cc(F)c(C2(OCc3ncn[nH]3)CCOCC2)cc1F. The lowest BCUT2D eigenvalue weighted by Crippen LogP contribution is -2.45. The Kier molecular flexibility index (Phi) is 7.39. The first-order valence-corrected chi connectivity index (χ1v) is 13.9. The number of rotatable bonds is 7. The van der Waals surface area contributed by atoms with Gasteiger partial charge in [-0.05, 0) is 37.5 Å². The summed E-state index contributed by atoms with van der Waals surface area (Å²) in [7, 11) is -3.78. The van der Waals surface area contributed by atoms with E-state index in [1.165, 1.54) is 10.6 Å². The highest BCUT2D eigenvalue weighted by atomic mass is 32.2. The molecule has 2 atom stereocenters. The minimum absolute atomic E-state index is 0.0113. The number of hydrogen-bond acceptors (Lipinski definition) is 6. The van der Waals surface area contributed by atoms with Crippen LogP contribution in [0.4, 0.5) is 8.78 Å². The highest BCUT2D eigenvalue weighted by Gasteiger charge is 2.42. The van der Waals surface area contributed by atoms with E-state index in [0.29, 0.717) is 50.3 Å². The molecule has 0 bridgehead atoms. The van der Waals surface area contributed by atoms with E-state index >= 15 is 8.78 Å². The molecule has 2 saturated heterocycles. The zero-order valence-corrected chi connectivity index (χ0v) is 21.4. The molecular formula is C26H30F2N4O4S. The molecule has 2 fully saturated rings. The molecule has 0 amide bonds. The van der Waals surface area contributed by atoms with Crippen LogP contribution in [-0.4, -0.2) is 47.2 Å². The molecule has 0 aliphatic carbocycles. The van der Waals surface area contributed by atoms with E-state index in [1.807, 2.05) is 6.07 Å². The van der Waals surface area contributed by atoms with Gasteiger partial charge in [0.05, 0.1) is 0 Å². The third-order valence-electron chi connectivity index (χ3n) is 7.40. The lowest BCUT2D eigenvalue weighted by Gasteiger charge is -2.39. The number of halogens is 2. The van der Waals surface area contributed by atoms with Crippen molar-refractivity contribution in [1.29, 1.82) is 0 Å². The fourth-order valence-electron chi connectivity index (χ4n) is 5.28. The summed E-state index contributed by atoms with van der Waals surface area (Å²) in [6.07, 6.45) is 3.13. The summed E-state index contributed by atoms with van der Waals surface area (Å²) in [5.74, 6) is -0.840. The largest absolute Gasteiger partial charge is 0.381 e. The molecule has 5 rings (SSSR count). The van der Waals surface area contributed by atoms with E-state index in [2.05, 4.69) is 15.2 Å². The molecule has 11 heteroatoms. The third kappa shape index (κ3) is 5.18. The zero-order valence-electron chi connectivity index (χ0n) is 20.6. The number of aromatic nitrogens is 3. The lowest BCUT2D eigenvalue weighted by molar-refractivity contribution is -0.127. The van der Waals surface area contributed by atoms with Crippen molar-refractivity contribution in [3.05, 3.63) is 82.9 Å². The van der Waals surface area contributed by atoms with Crippen molar-refractivity contribution < 1.29 is 26.7 Å². The molecule has 198 valence electrons. The number of nitrogens with zero attached hydrogens (tertiary/aromatic N) is 3. The Hall–Kier alpha value is -2.73. The van der Waals surface area contributed by atoms with Crippen molar-refractivity contribution in [1.82, 2.24) is 19.5 Å². The minimum Gasteiger partial charge on any atom is -0.381 e. The van der Waals surface area contributed by atoms with Gasteiger partial charge in [0.2, 0.25) is 10.0 Å². The van der Waals surface area contributed by atoms with Crippen LogP contribution in [0.25, 0.3) is 0 Å². The zero-order chi connectivity index (χ0) is 26.0. The number of sulfonamides is 1. The third-order valence-corrected chi connectivity index (χ3v) is 9.77. The molecule has 1 N–H and O–H groups in total. The molecule has 2 aliphatic heterocycles. The smallest absolute Gasteiger partial charge is 0.221 e. The van der Waals surface area contributed by atoms with Crippen LogP contribution < -0.4 is 0 Å². The number of ether oxygens (including phenoxy) is 2. The molecule has 0 unspecified atom stereocenters. The standard InChI is InChI=1S/C26H30F2N4O4S/c1-18-7-8-24(19-5-3-2-4-6-19)37(33,34)32(18)15-20-13-23(28)21(14-22(20)27)26(9-11-35-12-10-26)36-16-25-29-17-30-31-25/h2-6,13-14,17-18,24H,7-12,15-16H2,1H3,(H,29,30,31)/t18-,24+/m0/s1. The van der Waals surface area contributed by atoms with Crippen molar-refractivity contribution in [2.24, 2.45) is 0 Å². The molecule has 8 nitrogen and oxygen atoms in total. The van der Waals surface area contributed by atoms with Crippen molar-refractivity contribution in [3.63, 3.8) is 0 Å². The van der Waals surface area contributed by atoms with E-state index in [1.54, 1.807) is 31.2 Å². The number of hydrogen-bond donors (Lipinski definition) is 1. The molecule has 0 spiro atoms. The van der Waals surface area contributed by atoms with E-state index < -0.39 is 32.5 Å². The summed E-state index contributed by atoms with van der Waals surface area (Å²) in [6.45, 7) is 2.28. The van der Waals surface area contributed by atoms with Crippen molar-refractivity contribution in [2.45, 2.75) is 62.7 Å². The second-order valence-corrected chi connectivity index (χ2v) is 11.7. The molecule has 0 radical (unpaired) electrons. The fourth-order valence-corrected chi connectivity index (χ4v) is 7.47. The van der Waals surface area contributed by atoms with Crippen LogP contribution in [0.1, 0.15) is 60.4 Å². The average Bonchev–Trinajstić information content (AvgIpc) is 3.42. The molecule has 37 heavy (non-hydrogen) atoms. The molecule has 3 aromatic rings. The van der Waals surface area contributed by atoms with Crippen LogP contribution >= 0.6 is 0 Å². The van der Waals surface area contributed by atoms with Gasteiger partial charge in [-0.2, -0.15) is 9.40 Å². The Morgan fingerprint density at radius 2 is 1.89 bits per heavy atom. The number of benzene rings is 2. The maximum Gasteiger partial charge on any atom is 0.221 e. The summed E-state index contributed by atoms with van der Waals surface area (Å²) >= 11 is 0. The van der Waals surface area contributed by atoms with Gasteiger partial charge in [0, 0.05) is 49.8 Å². The van der Waals surface area contributed by atoms with Crippen LogP contribution in [0.15, 0.2) is 48.8 Å². The molecule has 0 saturated carbocycles. The topological polar surface area (TPSA) is 97.4 Å². The van der Waals surface area contributed by atoms with Crippen LogP contribution in [0, 0.1) is 11.6 Å². The van der Waals surface area contributed by atoms with Crippen LogP contribution in [0.3, 0.4) is 0 Å². The first kappa shape index (κ1) is 25.9. The van der Waals surface area contributed by atoms with E-state index in [-0.39, 0.29) is 30.3 Å². The van der Waals surface area contributed by atoms with Gasteiger partial charge < -0.3 is 9.47 Å². The summed E-state index contributed by atoms with van der Waals surface area (Å²) in [4.78, 5) is 4.04. The van der Waals surface area contributed by atoms with Gasteiger partial charge in [-0.3, -0.25) is 5.10 Å². The fraction of sp³-hybridized carbons (Fsp3) is 0.462. The van der Waals surface area contributed by atoms with E-state index in [4.69, 9.17) is 9.47 Å². The molecule has 2 aromatic carbocycles. The summed E-state index contributed by atoms with van der Waals surface area (Å²) < 4.78 is 71.1. The molecule has 1 aromatic heterocycles. The monoisotopic (exact) mass is 532 g/mol. The van der Waals surface area contributed by atoms with E-state index in [9.17, 15) is 8.42 Å². The van der Waals surface area contributed by atoms with Crippen LogP contribution in [0.5, 0.6) is 0 Å². The van der Waals surface area contributed by atoms with Gasteiger partial charge in [-0.1, -0.05) is 30.3 Å². The van der Waals surface area contributed by atoms with Gasteiger partial charge in [-0.25, -0.2) is 22.2 Å². The highest BCUT2D eigenvalue weighted by molar-refractivity contribution is 7.89. The van der Waals surface area contributed by atoms with Gasteiger partial charge >= 0.3 is 0 Å². The van der Waals surface area contributed by atoms with Gasteiger partial charge in [-0.15, -0.1) is 0 Å². The predicted molar refractivity (Wildman–Crippen MR) is 132 cm³/mol. The predicted octanol–water partition coefficient (Wildman–Crippen LogP) is 4.36. The number of nitrogens with one attached hydrogen (secondary N) is 1. The molecule has 3 heterocycles. The Balaban J connectivity index is 1.43. The Bertz CT molecular complexity index is 1320. The quantitative estimate of drug-likeness (QED) is 0.486. The maximum absolute atomic E-state index is 15.6. The minimum atomic E-state index is -3.78. The van der Waals surface area contributed by atoms with Gasteiger partial charge in [0.25, 0.3) is 0 Å². The molecular weight excluding hydrogens is 502 g/mol. The van der Waals surface area contributed by atoms with Crippen molar-refractivity contribution in [3.8, 4) is 0 Å². The van der Waals surface area contributed by atoms with Crippen molar-refractivity contribution in [2.75, 3.05) is 13.2 Å². The summed E-state index contributed by atoms with van der Waals surface area (Å²) in [5.41, 5.74) is -0.319. The summed E-state index contributed by atoms with van der Waals surface area (Å²) in [5, 5.41) is 5.78. The van der Waals surface area contributed by atoms with Gasteiger partial charge in [0.1, 0.15) is 41.2 Å². The Morgan fingerprint density at radius 3 is 2.59 bits per heavy atom. The first-order valence-electron chi connectivity index (χ1n) is 12.4.